The van der Waals surface area contributed by atoms with E-state index in [1.807, 2.05) is 6.07 Å². The second kappa shape index (κ2) is 6.24. The second-order valence-corrected chi connectivity index (χ2v) is 5.68. The molecule has 0 radical (unpaired) electrons. The van der Waals surface area contributed by atoms with Crippen molar-refractivity contribution in [1.29, 1.82) is 0 Å². The molecule has 0 aromatic heterocycles. The highest BCUT2D eigenvalue weighted by atomic mass is 16.1. The number of hydrogen-bond donors (Lipinski definition) is 2. The summed E-state index contributed by atoms with van der Waals surface area (Å²) >= 11 is 0. The van der Waals surface area contributed by atoms with Crippen LogP contribution in [0.1, 0.15) is 29.8 Å². The smallest absolute Gasteiger partial charge is 0.248 e. The van der Waals surface area contributed by atoms with Crippen LogP contribution in [0.4, 0.5) is 5.69 Å². The molecular formula is C15H24N4O. The molecule has 0 unspecified atom stereocenters. The van der Waals surface area contributed by atoms with E-state index in [0.717, 1.165) is 38.3 Å². The van der Waals surface area contributed by atoms with E-state index in [0.29, 0.717) is 17.3 Å². The van der Waals surface area contributed by atoms with Gasteiger partial charge in [-0.3, -0.25) is 14.6 Å². The first-order valence-corrected chi connectivity index (χ1v) is 7.12. The lowest BCUT2D eigenvalue weighted by atomic mass is 10.1. The summed E-state index contributed by atoms with van der Waals surface area (Å²) in [4.78, 5) is 16.0. The average molecular weight is 276 g/mol. The highest BCUT2D eigenvalue weighted by Crippen LogP contribution is 2.17. The van der Waals surface area contributed by atoms with Crippen LogP contribution in [0.5, 0.6) is 0 Å². The summed E-state index contributed by atoms with van der Waals surface area (Å²) in [6.45, 7) is 9.58. The van der Waals surface area contributed by atoms with Gasteiger partial charge in [-0.1, -0.05) is 6.07 Å². The van der Waals surface area contributed by atoms with Crippen molar-refractivity contribution in [2.45, 2.75) is 26.4 Å². The molecule has 4 N–H and O–H groups in total. The maximum atomic E-state index is 11.1. The van der Waals surface area contributed by atoms with Crippen LogP contribution in [0.3, 0.4) is 0 Å². The Balaban J connectivity index is 1.96. The topological polar surface area (TPSA) is 75.6 Å². The molecule has 1 aliphatic heterocycles. The summed E-state index contributed by atoms with van der Waals surface area (Å²) in [7, 11) is 0. The Kier molecular flexibility index (Phi) is 4.62. The van der Waals surface area contributed by atoms with Gasteiger partial charge in [-0.15, -0.1) is 0 Å². The standard InChI is InChI=1S/C15H24N4O/c1-11(2)19-7-5-18(6-8-19)10-13-4-3-12(15(17)20)9-14(13)16/h3-4,9,11H,5-8,10,16H2,1-2H3,(H2,17,20). The summed E-state index contributed by atoms with van der Waals surface area (Å²) in [5, 5.41) is 0. The summed E-state index contributed by atoms with van der Waals surface area (Å²) in [5.41, 5.74) is 13.4. The van der Waals surface area contributed by atoms with Crippen molar-refractivity contribution in [3.05, 3.63) is 29.3 Å². The molecule has 1 aromatic carbocycles. The predicted molar refractivity (Wildman–Crippen MR) is 81.4 cm³/mol. The van der Waals surface area contributed by atoms with Crippen molar-refractivity contribution in [1.82, 2.24) is 9.80 Å². The van der Waals surface area contributed by atoms with Crippen molar-refractivity contribution in [2.75, 3.05) is 31.9 Å². The number of anilines is 1. The van der Waals surface area contributed by atoms with Gasteiger partial charge in [-0.25, -0.2) is 0 Å². The van der Waals surface area contributed by atoms with E-state index in [-0.39, 0.29) is 0 Å². The number of piperazine rings is 1. The van der Waals surface area contributed by atoms with Crippen LogP contribution in [-0.2, 0) is 6.54 Å². The van der Waals surface area contributed by atoms with Crippen LogP contribution in [0.2, 0.25) is 0 Å². The molecule has 1 aromatic rings. The van der Waals surface area contributed by atoms with Gasteiger partial charge < -0.3 is 11.5 Å². The Morgan fingerprint density at radius 3 is 2.40 bits per heavy atom. The Hall–Kier alpha value is -1.59. The first kappa shape index (κ1) is 14.8. The number of rotatable bonds is 4. The summed E-state index contributed by atoms with van der Waals surface area (Å²) < 4.78 is 0. The molecule has 0 atom stereocenters. The van der Waals surface area contributed by atoms with Gasteiger partial charge in [-0.05, 0) is 31.5 Å². The monoisotopic (exact) mass is 276 g/mol. The van der Waals surface area contributed by atoms with Crippen LogP contribution < -0.4 is 11.5 Å². The van der Waals surface area contributed by atoms with Gasteiger partial charge in [0.2, 0.25) is 5.91 Å². The lowest BCUT2D eigenvalue weighted by molar-refractivity contribution is 0.1000. The Morgan fingerprint density at radius 2 is 1.90 bits per heavy atom. The molecule has 110 valence electrons. The number of hydrogen-bond acceptors (Lipinski definition) is 4. The third-order valence-electron chi connectivity index (χ3n) is 3.96. The molecule has 0 aliphatic carbocycles. The molecule has 2 rings (SSSR count). The minimum atomic E-state index is -0.436. The number of nitrogens with two attached hydrogens (primary N) is 2. The number of carbonyl (C=O) groups is 1. The molecule has 1 heterocycles. The van der Waals surface area contributed by atoms with Crippen LogP contribution in [-0.4, -0.2) is 47.9 Å². The van der Waals surface area contributed by atoms with Crippen molar-refractivity contribution >= 4 is 11.6 Å². The fraction of sp³-hybridized carbons (Fsp3) is 0.533. The highest BCUT2D eigenvalue weighted by molar-refractivity contribution is 5.93. The number of amides is 1. The average Bonchev–Trinajstić information content (AvgIpc) is 2.41. The van der Waals surface area contributed by atoms with E-state index in [2.05, 4.69) is 23.6 Å². The summed E-state index contributed by atoms with van der Waals surface area (Å²) in [5.74, 6) is -0.436. The van der Waals surface area contributed by atoms with Gasteiger partial charge in [0, 0.05) is 50.0 Å². The lowest BCUT2D eigenvalue weighted by Gasteiger charge is -2.37. The Labute approximate surface area is 120 Å². The van der Waals surface area contributed by atoms with Gasteiger partial charge >= 0.3 is 0 Å². The Morgan fingerprint density at radius 1 is 1.25 bits per heavy atom. The van der Waals surface area contributed by atoms with E-state index in [1.165, 1.54) is 0 Å². The molecule has 0 saturated carbocycles. The molecule has 1 amide bonds. The molecule has 1 fully saturated rings. The zero-order chi connectivity index (χ0) is 14.7. The van der Waals surface area contributed by atoms with Gasteiger partial charge in [0.25, 0.3) is 0 Å². The van der Waals surface area contributed by atoms with E-state index in [1.54, 1.807) is 12.1 Å². The molecule has 5 nitrogen and oxygen atoms in total. The van der Waals surface area contributed by atoms with Gasteiger partial charge in [0.1, 0.15) is 0 Å². The molecule has 1 saturated heterocycles. The van der Waals surface area contributed by atoms with Crippen LogP contribution >= 0.6 is 0 Å². The number of carbonyl (C=O) groups excluding carboxylic acids is 1. The van der Waals surface area contributed by atoms with Crippen LogP contribution in [0, 0.1) is 0 Å². The summed E-state index contributed by atoms with van der Waals surface area (Å²) in [6, 6.07) is 5.93. The quantitative estimate of drug-likeness (QED) is 0.801. The molecular weight excluding hydrogens is 252 g/mol. The fourth-order valence-corrected chi connectivity index (χ4v) is 2.57. The lowest BCUT2D eigenvalue weighted by Crippen LogP contribution is -2.48. The maximum Gasteiger partial charge on any atom is 0.248 e. The van der Waals surface area contributed by atoms with E-state index < -0.39 is 5.91 Å². The number of primary amides is 1. The second-order valence-electron chi connectivity index (χ2n) is 5.68. The SMILES string of the molecule is CC(C)N1CCN(Cc2ccc(C(N)=O)cc2N)CC1. The van der Waals surface area contributed by atoms with Gasteiger partial charge in [0.05, 0.1) is 0 Å². The number of nitrogen functional groups attached to an aromatic ring is 1. The van der Waals surface area contributed by atoms with E-state index in [9.17, 15) is 4.79 Å². The molecule has 20 heavy (non-hydrogen) atoms. The third-order valence-corrected chi connectivity index (χ3v) is 3.96. The molecule has 1 aliphatic rings. The number of nitrogens with zero attached hydrogens (tertiary/aromatic N) is 2. The first-order chi connectivity index (χ1) is 9.47. The van der Waals surface area contributed by atoms with Crippen molar-refractivity contribution in [2.24, 2.45) is 5.73 Å². The zero-order valence-electron chi connectivity index (χ0n) is 12.3. The predicted octanol–water partition coefficient (Wildman–Crippen LogP) is 0.894. The highest BCUT2D eigenvalue weighted by Gasteiger charge is 2.19. The first-order valence-electron chi connectivity index (χ1n) is 7.12. The molecule has 0 bridgehead atoms. The van der Waals surface area contributed by atoms with Crippen LogP contribution in [0.15, 0.2) is 18.2 Å². The minimum Gasteiger partial charge on any atom is -0.398 e. The van der Waals surface area contributed by atoms with Gasteiger partial charge in [-0.2, -0.15) is 0 Å². The fourth-order valence-electron chi connectivity index (χ4n) is 2.57. The number of benzene rings is 1. The minimum absolute atomic E-state index is 0.436. The Bertz CT molecular complexity index is 479. The molecule has 5 heteroatoms. The molecule has 0 spiro atoms. The van der Waals surface area contributed by atoms with E-state index >= 15 is 0 Å². The normalized spacial score (nSPS) is 17.6. The van der Waals surface area contributed by atoms with E-state index in [4.69, 9.17) is 11.5 Å². The maximum absolute atomic E-state index is 11.1. The van der Waals surface area contributed by atoms with Gasteiger partial charge in [0.15, 0.2) is 0 Å². The largest absolute Gasteiger partial charge is 0.398 e. The zero-order valence-corrected chi connectivity index (χ0v) is 12.3. The van der Waals surface area contributed by atoms with Crippen molar-refractivity contribution in [3.8, 4) is 0 Å². The van der Waals surface area contributed by atoms with Crippen molar-refractivity contribution in [3.63, 3.8) is 0 Å². The third kappa shape index (κ3) is 3.49. The summed E-state index contributed by atoms with van der Waals surface area (Å²) in [6.07, 6.45) is 0. The van der Waals surface area contributed by atoms with Crippen molar-refractivity contribution < 1.29 is 4.79 Å². The van der Waals surface area contributed by atoms with Crippen LogP contribution in [0.25, 0.3) is 0 Å².